The van der Waals surface area contributed by atoms with E-state index < -0.39 is 25.3 Å². The summed E-state index contributed by atoms with van der Waals surface area (Å²) in [5.74, 6) is -1.03. The van der Waals surface area contributed by atoms with Crippen molar-refractivity contribution in [3.8, 4) is 0 Å². The number of nitrogens with one attached hydrogen (secondary N) is 1. The molecule has 0 saturated carbocycles. The van der Waals surface area contributed by atoms with Gasteiger partial charge < -0.3 is 21.0 Å². The van der Waals surface area contributed by atoms with Crippen LogP contribution in [0.25, 0.3) is 0 Å². The molecule has 0 aliphatic heterocycles. The summed E-state index contributed by atoms with van der Waals surface area (Å²) in [5.41, 5.74) is 5.74. The molecule has 0 saturated heterocycles. The highest BCUT2D eigenvalue weighted by Crippen LogP contribution is 2.23. The number of anilines is 1. The normalized spacial score (nSPS) is 12.3. The second-order valence-corrected chi connectivity index (χ2v) is 4.24. The van der Waals surface area contributed by atoms with Gasteiger partial charge in [0.05, 0.1) is 10.7 Å². The van der Waals surface area contributed by atoms with Gasteiger partial charge in [0.2, 0.25) is 5.91 Å². The van der Waals surface area contributed by atoms with Crippen molar-refractivity contribution in [3.63, 3.8) is 0 Å². The average molecular weight is 326 g/mol. The second kappa shape index (κ2) is 7.14. The van der Waals surface area contributed by atoms with Crippen LogP contribution in [0.1, 0.15) is 5.56 Å². The Morgan fingerprint density at radius 2 is 2.14 bits per heavy atom. The molecule has 4 N–H and O–H groups in total. The van der Waals surface area contributed by atoms with Gasteiger partial charge in [0, 0.05) is 5.56 Å². The molecule has 0 unspecified atom stereocenters. The summed E-state index contributed by atoms with van der Waals surface area (Å²) >= 11 is 5.82. The summed E-state index contributed by atoms with van der Waals surface area (Å²) in [6.45, 7) is -2.32. The van der Waals surface area contributed by atoms with Crippen LogP contribution in [0.4, 0.5) is 18.9 Å². The van der Waals surface area contributed by atoms with Gasteiger partial charge in [0.15, 0.2) is 5.84 Å². The third-order valence-electron chi connectivity index (χ3n) is 2.14. The first-order valence-electron chi connectivity index (χ1n) is 5.44. The monoisotopic (exact) mass is 325 g/mol. The number of benzene rings is 1. The van der Waals surface area contributed by atoms with Crippen LogP contribution in [0.5, 0.6) is 0 Å². The van der Waals surface area contributed by atoms with E-state index in [1.54, 1.807) is 0 Å². The van der Waals surface area contributed by atoms with Crippen LogP contribution in [-0.4, -0.2) is 36.3 Å². The molecule has 0 aliphatic carbocycles. The molecule has 0 fully saturated rings. The molecule has 1 aromatic carbocycles. The molecule has 0 aromatic heterocycles. The Balaban J connectivity index is 2.67. The Hall–Kier alpha value is -2.00. The van der Waals surface area contributed by atoms with Gasteiger partial charge in [-0.1, -0.05) is 16.8 Å². The van der Waals surface area contributed by atoms with Crippen molar-refractivity contribution in [2.75, 3.05) is 18.5 Å². The molecule has 1 rings (SSSR count). The molecule has 1 aromatic rings. The quantitative estimate of drug-likeness (QED) is 0.333. The van der Waals surface area contributed by atoms with E-state index in [2.05, 4.69) is 15.2 Å². The number of nitrogens with zero attached hydrogens (tertiary/aromatic N) is 1. The molecule has 1 amide bonds. The van der Waals surface area contributed by atoms with Gasteiger partial charge >= 0.3 is 6.18 Å². The molecule has 116 valence electrons. The summed E-state index contributed by atoms with van der Waals surface area (Å²) in [4.78, 5) is 11.4. The summed E-state index contributed by atoms with van der Waals surface area (Å²) in [5, 5.41) is 13.7. The van der Waals surface area contributed by atoms with Crippen molar-refractivity contribution < 1.29 is 27.9 Å². The van der Waals surface area contributed by atoms with Crippen molar-refractivity contribution in [1.82, 2.24) is 0 Å². The standard InChI is InChI=1S/C11H11ClF3N3O3/c12-7-2-1-6(10(16)18-20)3-8(7)17-9(19)4-21-5-11(13,14)15/h1-3,20H,4-5H2,(H2,16,18)(H,17,19). The molecule has 0 atom stereocenters. The molecule has 0 heterocycles. The van der Waals surface area contributed by atoms with Crippen molar-refractivity contribution in [2.24, 2.45) is 10.9 Å². The number of carbonyl (C=O) groups excluding carboxylic acids is 1. The minimum absolute atomic E-state index is 0.0985. The van der Waals surface area contributed by atoms with E-state index in [-0.39, 0.29) is 22.1 Å². The fraction of sp³-hybridized carbons (Fsp3) is 0.273. The maximum Gasteiger partial charge on any atom is 0.411 e. The van der Waals surface area contributed by atoms with Crippen molar-refractivity contribution in [3.05, 3.63) is 28.8 Å². The topological polar surface area (TPSA) is 96.9 Å². The number of hydrogen-bond donors (Lipinski definition) is 3. The minimum atomic E-state index is -4.51. The number of halogens is 4. The lowest BCUT2D eigenvalue weighted by Gasteiger charge is -2.10. The SMILES string of the molecule is N/C(=N/O)c1ccc(Cl)c(NC(=O)COCC(F)(F)F)c1. The first-order valence-corrected chi connectivity index (χ1v) is 5.82. The zero-order valence-electron chi connectivity index (χ0n) is 10.4. The molecule has 0 bridgehead atoms. The fourth-order valence-electron chi connectivity index (χ4n) is 1.28. The number of rotatable bonds is 5. The van der Waals surface area contributed by atoms with E-state index in [9.17, 15) is 18.0 Å². The maximum atomic E-state index is 11.8. The summed E-state index contributed by atoms with van der Waals surface area (Å²) in [6, 6.07) is 4.12. The van der Waals surface area contributed by atoms with Gasteiger partial charge in [-0.3, -0.25) is 4.79 Å². The molecular formula is C11H11ClF3N3O3. The number of carbonyl (C=O) groups is 1. The Kier molecular flexibility index (Phi) is 5.79. The number of alkyl halides is 3. The van der Waals surface area contributed by atoms with Gasteiger partial charge in [0.25, 0.3) is 0 Å². The predicted octanol–water partition coefficient (Wildman–Crippen LogP) is 1.95. The van der Waals surface area contributed by atoms with E-state index in [4.69, 9.17) is 22.5 Å². The van der Waals surface area contributed by atoms with Gasteiger partial charge in [-0.05, 0) is 18.2 Å². The lowest BCUT2D eigenvalue weighted by atomic mass is 10.2. The van der Waals surface area contributed by atoms with Gasteiger partial charge in [-0.15, -0.1) is 0 Å². The highest BCUT2D eigenvalue weighted by atomic mass is 35.5. The summed E-state index contributed by atoms with van der Waals surface area (Å²) < 4.78 is 39.8. The molecule has 0 radical (unpaired) electrons. The van der Waals surface area contributed by atoms with E-state index in [0.717, 1.165) is 0 Å². The molecular weight excluding hydrogens is 315 g/mol. The zero-order chi connectivity index (χ0) is 16.0. The first-order chi connectivity index (χ1) is 9.73. The highest BCUT2D eigenvalue weighted by molar-refractivity contribution is 6.33. The Labute approximate surface area is 122 Å². The number of nitrogens with two attached hydrogens (primary N) is 1. The maximum absolute atomic E-state index is 11.8. The fourth-order valence-corrected chi connectivity index (χ4v) is 1.45. The largest absolute Gasteiger partial charge is 0.411 e. The van der Waals surface area contributed by atoms with Crippen LogP contribution >= 0.6 is 11.6 Å². The Morgan fingerprint density at radius 3 is 2.71 bits per heavy atom. The van der Waals surface area contributed by atoms with E-state index in [1.807, 2.05) is 0 Å². The van der Waals surface area contributed by atoms with Crippen molar-refractivity contribution in [2.45, 2.75) is 6.18 Å². The zero-order valence-corrected chi connectivity index (χ0v) is 11.2. The average Bonchev–Trinajstić information content (AvgIpc) is 2.39. The van der Waals surface area contributed by atoms with Crippen LogP contribution in [0.15, 0.2) is 23.4 Å². The van der Waals surface area contributed by atoms with Gasteiger partial charge in [-0.25, -0.2) is 0 Å². The smallest absolute Gasteiger partial charge is 0.409 e. The number of hydrogen-bond acceptors (Lipinski definition) is 4. The van der Waals surface area contributed by atoms with E-state index in [1.165, 1.54) is 18.2 Å². The number of ether oxygens (including phenoxy) is 1. The van der Waals surface area contributed by atoms with Crippen LogP contribution in [0.3, 0.4) is 0 Å². The molecule has 10 heteroatoms. The van der Waals surface area contributed by atoms with Crippen molar-refractivity contribution >= 4 is 29.0 Å². The Bertz CT molecular complexity index is 549. The number of amides is 1. The van der Waals surface area contributed by atoms with E-state index >= 15 is 0 Å². The third-order valence-corrected chi connectivity index (χ3v) is 2.47. The molecule has 0 spiro atoms. The van der Waals surface area contributed by atoms with Crippen LogP contribution < -0.4 is 11.1 Å². The first kappa shape index (κ1) is 17.1. The summed E-state index contributed by atoms with van der Waals surface area (Å²) in [7, 11) is 0. The summed E-state index contributed by atoms with van der Waals surface area (Å²) in [6.07, 6.45) is -4.51. The number of oxime groups is 1. The van der Waals surface area contributed by atoms with Crippen molar-refractivity contribution in [1.29, 1.82) is 0 Å². The second-order valence-electron chi connectivity index (χ2n) is 3.84. The van der Waals surface area contributed by atoms with Gasteiger partial charge in [0.1, 0.15) is 13.2 Å². The molecule has 21 heavy (non-hydrogen) atoms. The lowest BCUT2D eigenvalue weighted by molar-refractivity contribution is -0.174. The van der Waals surface area contributed by atoms with Crippen LogP contribution in [0, 0.1) is 0 Å². The molecule has 0 aliphatic rings. The van der Waals surface area contributed by atoms with Crippen LogP contribution in [0.2, 0.25) is 5.02 Å². The highest BCUT2D eigenvalue weighted by Gasteiger charge is 2.27. The Morgan fingerprint density at radius 1 is 1.48 bits per heavy atom. The van der Waals surface area contributed by atoms with E-state index in [0.29, 0.717) is 0 Å². The molecule has 6 nitrogen and oxygen atoms in total. The minimum Gasteiger partial charge on any atom is -0.409 e. The third kappa shape index (κ3) is 5.88. The van der Waals surface area contributed by atoms with Crippen LogP contribution in [-0.2, 0) is 9.53 Å². The lowest BCUT2D eigenvalue weighted by Crippen LogP contribution is -2.24. The predicted molar refractivity (Wildman–Crippen MR) is 69.5 cm³/mol. The number of amidine groups is 1. The van der Waals surface area contributed by atoms with Gasteiger partial charge in [-0.2, -0.15) is 13.2 Å².